The van der Waals surface area contributed by atoms with E-state index in [0.29, 0.717) is 26.9 Å². The van der Waals surface area contributed by atoms with Gasteiger partial charge in [-0.2, -0.15) is 0 Å². The second-order valence-electron chi connectivity index (χ2n) is 6.29. The third kappa shape index (κ3) is 5.31. The molecule has 5 nitrogen and oxygen atoms in total. The second-order valence-corrected chi connectivity index (χ2v) is 7.13. The van der Waals surface area contributed by atoms with Crippen molar-refractivity contribution in [3.63, 3.8) is 0 Å². The topological polar surface area (TPSA) is 76.3 Å². The molecule has 0 fully saturated rings. The van der Waals surface area contributed by atoms with Gasteiger partial charge in [-0.15, -0.1) is 0 Å². The predicted molar refractivity (Wildman–Crippen MR) is 111 cm³/mol. The fourth-order valence-corrected chi connectivity index (χ4v) is 3.20. The van der Waals surface area contributed by atoms with E-state index in [0.717, 1.165) is 0 Å². The van der Waals surface area contributed by atoms with Gasteiger partial charge >= 0.3 is 0 Å². The number of primary amides is 1. The fraction of sp³-hybridized carbons (Fsp3) is 0.0952. The third-order valence-electron chi connectivity index (χ3n) is 4.20. The van der Waals surface area contributed by atoms with Crippen LogP contribution in [0.1, 0.15) is 21.6 Å². The highest BCUT2D eigenvalue weighted by Gasteiger charge is 2.19. The standard InChI is InChI=1S/C21H16Cl2FN3O2/c22-15-6-5-14(18(23)9-15)12-27(17-3-1-2-16(24)10-17)20(28)8-13-4-7-19(21(25)29)26-11-13/h1-7,9-11H,8,12H2,(H2,25,29). The van der Waals surface area contributed by atoms with Crippen LogP contribution in [0.15, 0.2) is 60.8 Å². The maximum Gasteiger partial charge on any atom is 0.267 e. The summed E-state index contributed by atoms with van der Waals surface area (Å²) in [5.41, 5.74) is 6.93. The van der Waals surface area contributed by atoms with Crippen molar-refractivity contribution in [2.75, 3.05) is 4.90 Å². The maximum atomic E-state index is 13.8. The Kier molecular flexibility index (Phi) is 6.46. The first-order valence-electron chi connectivity index (χ1n) is 8.58. The molecular formula is C21H16Cl2FN3O2. The molecule has 3 rings (SSSR count). The lowest BCUT2D eigenvalue weighted by Crippen LogP contribution is -2.32. The van der Waals surface area contributed by atoms with Crippen LogP contribution in [0.25, 0.3) is 0 Å². The highest BCUT2D eigenvalue weighted by Crippen LogP contribution is 2.26. The van der Waals surface area contributed by atoms with Crippen LogP contribution in [0.5, 0.6) is 0 Å². The lowest BCUT2D eigenvalue weighted by Gasteiger charge is -2.24. The van der Waals surface area contributed by atoms with Crippen molar-refractivity contribution in [2.45, 2.75) is 13.0 Å². The summed E-state index contributed by atoms with van der Waals surface area (Å²) in [6.07, 6.45) is 1.41. The van der Waals surface area contributed by atoms with Gasteiger partial charge in [0.2, 0.25) is 5.91 Å². The van der Waals surface area contributed by atoms with Crippen LogP contribution in [0.3, 0.4) is 0 Å². The molecule has 2 aromatic carbocycles. The molecule has 0 unspecified atom stereocenters. The molecule has 0 spiro atoms. The first-order chi connectivity index (χ1) is 13.8. The first kappa shape index (κ1) is 20.8. The van der Waals surface area contributed by atoms with Gasteiger partial charge in [-0.3, -0.25) is 14.6 Å². The number of nitrogens with two attached hydrogens (primary N) is 1. The molecule has 3 aromatic rings. The number of hydrogen-bond acceptors (Lipinski definition) is 3. The summed E-state index contributed by atoms with van der Waals surface area (Å²) in [6, 6.07) is 13.8. The summed E-state index contributed by atoms with van der Waals surface area (Å²) in [7, 11) is 0. The summed E-state index contributed by atoms with van der Waals surface area (Å²) in [6.45, 7) is 0.130. The van der Waals surface area contributed by atoms with E-state index < -0.39 is 11.7 Å². The third-order valence-corrected chi connectivity index (χ3v) is 4.78. The van der Waals surface area contributed by atoms with Crippen LogP contribution in [0.4, 0.5) is 10.1 Å². The molecule has 0 radical (unpaired) electrons. The molecule has 148 valence electrons. The number of rotatable bonds is 6. The van der Waals surface area contributed by atoms with Crippen molar-refractivity contribution < 1.29 is 14.0 Å². The van der Waals surface area contributed by atoms with Gasteiger partial charge in [-0.1, -0.05) is 41.4 Å². The van der Waals surface area contributed by atoms with E-state index in [1.807, 2.05) is 0 Å². The largest absolute Gasteiger partial charge is 0.364 e. The zero-order valence-corrected chi connectivity index (χ0v) is 16.6. The minimum atomic E-state index is -0.651. The van der Waals surface area contributed by atoms with Gasteiger partial charge in [0.1, 0.15) is 11.5 Å². The van der Waals surface area contributed by atoms with Crippen LogP contribution >= 0.6 is 23.2 Å². The Morgan fingerprint density at radius 3 is 2.48 bits per heavy atom. The molecule has 0 aliphatic rings. The normalized spacial score (nSPS) is 10.6. The Bertz CT molecular complexity index is 1060. The van der Waals surface area contributed by atoms with Crippen molar-refractivity contribution >= 4 is 40.7 Å². The fourth-order valence-electron chi connectivity index (χ4n) is 2.73. The van der Waals surface area contributed by atoms with Crippen molar-refractivity contribution in [2.24, 2.45) is 5.73 Å². The number of pyridine rings is 1. The average molecular weight is 432 g/mol. The molecule has 8 heteroatoms. The monoisotopic (exact) mass is 431 g/mol. The van der Waals surface area contributed by atoms with E-state index in [9.17, 15) is 14.0 Å². The Morgan fingerprint density at radius 2 is 1.86 bits per heavy atom. The van der Waals surface area contributed by atoms with Gasteiger partial charge in [0.25, 0.3) is 5.91 Å². The quantitative estimate of drug-likeness (QED) is 0.627. The minimum Gasteiger partial charge on any atom is -0.364 e. The molecule has 0 aliphatic carbocycles. The Balaban J connectivity index is 1.89. The van der Waals surface area contributed by atoms with Crippen molar-refractivity contribution in [1.82, 2.24) is 4.98 Å². The smallest absolute Gasteiger partial charge is 0.267 e. The highest BCUT2D eigenvalue weighted by molar-refractivity contribution is 6.35. The van der Waals surface area contributed by atoms with Gasteiger partial charge in [-0.05, 0) is 47.5 Å². The molecular weight excluding hydrogens is 416 g/mol. The van der Waals surface area contributed by atoms with Gasteiger partial charge < -0.3 is 10.6 Å². The Morgan fingerprint density at radius 1 is 1.07 bits per heavy atom. The average Bonchev–Trinajstić information content (AvgIpc) is 2.67. The molecule has 0 aliphatic heterocycles. The molecule has 1 heterocycles. The maximum absolute atomic E-state index is 13.8. The van der Waals surface area contributed by atoms with Crippen LogP contribution in [-0.4, -0.2) is 16.8 Å². The number of nitrogens with zero attached hydrogens (tertiary/aromatic N) is 2. The highest BCUT2D eigenvalue weighted by atomic mass is 35.5. The number of benzene rings is 2. The van der Waals surface area contributed by atoms with Crippen LogP contribution < -0.4 is 10.6 Å². The van der Waals surface area contributed by atoms with Gasteiger partial charge in [0, 0.05) is 21.9 Å². The minimum absolute atomic E-state index is 0.00619. The van der Waals surface area contributed by atoms with E-state index in [4.69, 9.17) is 28.9 Å². The van der Waals surface area contributed by atoms with E-state index in [2.05, 4.69) is 4.98 Å². The number of aromatic nitrogens is 1. The molecule has 2 N–H and O–H groups in total. The van der Waals surface area contributed by atoms with Gasteiger partial charge in [0.05, 0.1) is 13.0 Å². The molecule has 0 saturated carbocycles. The predicted octanol–water partition coefficient (Wildman–Crippen LogP) is 4.40. The molecule has 29 heavy (non-hydrogen) atoms. The van der Waals surface area contributed by atoms with E-state index in [1.54, 1.807) is 30.3 Å². The number of hydrogen-bond donors (Lipinski definition) is 1. The number of carbonyl (C=O) groups excluding carboxylic acids is 2. The first-order valence-corrected chi connectivity index (χ1v) is 9.33. The van der Waals surface area contributed by atoms with E-state index in [1.165, 1.54) is 35.4 Å². The Labute approximate surface area is 176 Å². The van der Waals surface area contributed by atoms with Crippen molar-refractivity contribution in [3.05, 3.63) is 93.5 Å². The van der Waals surface area contributed by atoms with Crippen molar-refractivity contribution in [1.29, 1.82) is 0 Å². The van der Waals surface area contributed by atoms with Gasteiger partial charge in [-0.25, -0.2) is 4.39 Å². The van der Waals surface area contributed by atoms with E-state index >= 15 is 0 Å². The van der Waals surface area contributed by atoms with Gasteiger partial charge in [0.15, 0.2) is 0 Å². The Hall–Kier alpha value is -2.96. The number of anilines is 1. The van der Waals surface area contributed by atoms with Crippen LogP contribution in [0, 0.1) is 5.82 Å². The lowest BCUT2D eigenvalue weighted by atomic mass is 10.1. The lowest BCUT2D eigenvalue weighted by molar-refractivity contribution is -0.118. The van der Waals surface area contributed by atoms with Crippen LogP contribution in [0.2, 0.25) is 10.0 Å². The van der Waals surface area contributed by atoms with Crippen molar-refractivity contribution in [3.8, 4) is 0 Å². The summed E-state index contributed by atoms with van der Waals surface area (Å²) in [4.78, 5) is 29.6. The molecule has 0 bridgehead atoms. The molecule has 0 saturated heterocycles. The number of halogens is 3. The molecule has 0 atom stereocenters. The SMILES string of the molecule is NC(=O)c1ccc(CC(=O)N(Cc2ccc(Cl)cc2Cl)c2cccc(F)c2)cn1. The van der Waals surface area contributed by atoms with E-state index in [-0.39, 0.29) is 24.6 Å². The van der Waals surface area contributed by atoms with Crippen LogP contribution in [-0.2, 0) is 17.8 Å². The summed E-state index contributed by atoms with van der Waals surface area (Å²) < 4.78 is 13.8. The second kappa shape index (κ2) is 9.03. The summed E-state index contributed by atoms with van der Waals surface area (Å²) in [5.74, 6) is -1.41. The zero-order chi connectivity index (χ0) is 21.0. The summed E-state index contributed by atoms with van der Waals surface area (Å²) >= 11 is 12.2. The number of carbonyl (C=O) groups is 2. The molecule has 2 amide bonds. The zero-order valence-electron chi connectivity index (χ0n) is 15.1. The molecule has 1 aromatic heterocycles. The summed E-state index contributed by atoms with van der Waals surface area (Å²) in [5, 5.41) is 0.877. The number of amides is 2.